The van der Waals surface area contributed by atoms with Crippen molar-refractivity contribution in [1.82, 2.24) is 0 Å². The van der Waals surface area contributed by atoms with E-state index in [1.807, 2.05) is 0 Å². The van der Waals surface area contributed by atoms with Gasteiger partial charge in [0.1, 0.15) is 0 Å². The minimum atomic E-state index is -3.67. The first-order chi connectivity index (χ1) is 9.30. The smallest absolute Gasteiger partial charge is 0.264 e. The van der Waals surface area contributed by atoms with Crippen LogP contribution in [0.5, 0.6) is 0 Å². The van der Waals surface area contributed by atoms with Crippen molar-refractivity contribution in [2.75, 3.05) is 31.9 Å². The van der Waals surface area contributed by atoms with Crippen LogP contribution in [-0.4, -0.2) is 49.4 Å². The van der Waals surface area contributed by atoms with Gasteiger partial charge in [-0.2, -0.15) is 8.42 Å². The third-order valence-electron chi connectivity index (χ3n) is 3.25. The first-order valence-electron chi connectivity index (χ1n) is 8.11. The molecule has 20 heavy (non-hydrogen) atoms. The molecule has 1 N–H and O–H groups in total. The molecule has 0 saturated heterocycles. The normalized spacial score (nSPS) is 11.9. The number of nitrogens with zero attached hydrogens (tertiary/aromatic N) is 1. The van der Waals surface area contributed by atoms with Crippen LogP contribution in [0.25, 0.3) is 0 Å². The fourth-order valence-electron chi connectivity index (χ4n) is 2.83. The van der Waals surface area contributed by atoms with Gasteiger partial charge >= 0.3 is 0 Å². The van der Waals surface area contributed by atoms with E-state index in [2.05, 4.69) is 27.7 Å². The lowest BCUT2D eigenvalue weighted by molar-refractivity contribution is -0.928. The molecule has 0 unspecified atom stereocenters. The average molecular weight is 311 g/mol. The van der Waals surface area contributed by atoms with Crippen molar-refractivity contribution in [3.8, 4) is 0 Å². The number of rotatable bonds is 10. The Labute approximate surface area is 126 Å². The summed E-state index contributed by atoms with van der Waals surface area (Å²) >= 11 is 0. The first kappa shape index (κ1) is 22.2. The lowest BCUT2D eigenvalue weighted by Crippen LogP contribution is -2.50. The van der Waals surface area contributed by atoms with E-state index in [0.29, 0.717) is 6.42 Å². The van der Waals surface area contributed by atoms with Crippen LogP contribution in [0.1, 0.15) is 66.7 Å². The Kier molecular flexibility index (Phi) is 14.0. The summed E-state index contributed by atoms with van der Waals surface area (Å²) in [6.07, 6.45) is 5.80. The summed E-state index contributed by atoms with van der Waals surface area (Å²) in [5.41, 5.74) is 0. The predicted octanol–water partition coefficient (Wildman–Crippen LogP) is 3.73. The zero-order chi connectivity index (χ0) is 16.1. The van der Waals surface area contributed by atoms with Crippen molar-refractivity contribution >= 4 is 10.1 Å². The van der Waals surface area contributed by atoms with Crippen LogP contribution in [-0.2, 0) is 10.1 Å². The zero-order valence-corrected chi connectivity index (χ0v) is 15.0. The molecule has 124 valence electrons. The van der Waals surface area contributed by atoms with Gasteiger partial charge in [0, 0.05) is 0 Å². The van der Waals surface area contributed by atoms with Gasteiger partial charge in [-0.05, 0) is 32.1 Å². The Morgan fingerprint density at radius 1 is 0.700 bits per heavy atom. The van der Waals surface area contributed by atoms with Crippen molar-refractivity contribution in [3.05, 3.63) is 0 Å². The van der Waals surface area contributed by atoms with E-state index in [1.54, 1.807) is 6.92 Å². The third kappa shape index (κ3) is 12.9. The first-order valence-corrected chi connectivity index (χ1v) is 9.71. The van der Waals surface area contributed by atoms with Crippen molar-refractivity contribution in [1.29, 1.82) is 0 Å². The minimum Gasteiger partial charge on any atom is -0.324 e. The van der Waals surface area contributed by atoms with Crippen LogP contribution in [0, 0.1) is 0 Å². The molecule has 0 fully saturated rings. The molecular formula is C15H36NO3S+. The molecule has 0 aromatic carbocycles. The van der Waals surface area contributed by atoms with Crippen LogP contribution >= 0.6 is 0 Å². The summed E-state index contributed by atoms with van der Waals surface area (Å²) in [7, 11) is -3.67. The van der Waals surface area contributed by atoms with E-state index >= 15 is 0 Å². The van der Waals surface area contributed by atoms with Gasteiger partial charge < -0.3 is 4.48 Å². The highest BCUT2D eigenvalue weighted by molar-refractivity contribution is 7.85. The molecule has 0 aliphatic rings. The summed E-state index contributed by atoms with van der Waals surface area (Å²) in [6.45, 7) is 16.5. The summed E-state index contributed by atoms with van der Waals surface area (Å²) in [5.74, 6) is -0.132. The van der Waals surface area contributed by atoms with Gasteiger partial charge in [0.05, 0.1) is 31.9 Å². The van der Waals surface area contributed by atoms with Gasteiger partial charge in [-0.25, -0.2) is 0 Å². The maximum absolute atomic E-state index is 9.79. The average Bonchev–Trinajstić information content (AvgIpc) is 2.29. The Bertz CT molecular complexity index is 273. The van der Waals surface area contributed by atoms with E-state index in [4.69, 9.17) is 4.55 Å². The van der Waals surface area contributed by atoms with Gasteiger partial charge in [-0.1, -0.05) is 34.6 Å². The van der Waals surface area contributed by atoms with Crippen LogP contribution in [0.2, 0.25) is 0 Å². The molecular weight excluding hydrogens is 274 g/mol. The highest BCUT2D eigenvalue weighted by Crippen LogP contribution is 2.12. The third-order valence-corrected chi connectivity index (χ3v) is 4.18. The van der Waals surface area contributed by atoms with Crippen molar-refractivity contribution < 1.29 is 17.5 Å². The molecule has 5 heteroatoms. The fourth-order valence-corrected chi connectivity index (χ4v) is 3.34. The van der Waals surface area contributed by atoms with Gasteiger partial charge in [-0.15, -0.1) is 0 Å². The van der Waals surface area contributed by atoms with Gasteiger partial charge in [0.25, 0.3) is 10.1 Å². The second kappa shape index (κ2) is 12.6. The molecule has 0 radical (unpaired) electrons. The number of hydrogen-bond acceptors (Lipinski definition) is 2. The second-order valence-corrected chi connectivity index (χ2v) is 7.09. The summed E-state index contributed by atoms with van der Waals surface area (Å²) in [6, 6.07) is 0. The minimum absolute atomic E-state index is 0.132. The van der Waals surface area contributed by atoms with Crippen molar-refractivity contribution in [3.63, 3.8) is 0 Å². The molecule has 0 amide bonds. The standard InChI is InChI=1S/C12H28N.C3H8O3S/c1-5-9-13(10-6-2,11-7-3)12-8-4;1-2-3-7(4,5)6/h5-12H2,1-4H3;2-3H2,1H3,(H,4,5,6)/q+1;. The van der Waals surface area contributed by atoms with E-state index < -0.39 is 10.1 Å². The molecule has 0 aliphatic carbocycles. The molecule has 0 heterocycles. The van der Waals surface area contributed by atoms with E-state index in [9.17, 15) is 8.42 Å². The predicted molar refractivity (Wildman–Crippen MR) is 87.6 cm³/mol. The Morgan fingerprint density at radius 2 is 1.00 bits per heavy atom. The van der Waals surface area contributed by atoms with Crippen LogP contribution in [0.15, 0.2) is 0 Å². The maximum atomic E-state index is 9.79. The lowest BCUT2D eigenvalue weighted by Gasteiger charge is -2.38. The molecule has 0 spiro atoms. The topological polar surface area (TPSA) is 54.4 Å². The van der Waals surface area contributed by atoms with Crippen molar-refractivity contribution in [2.45, 2.75) is 66.7 Å². The van der Waals surface area contributed by atoms with Crippen LogP contribution in [0.3, 0.4) is 0 Å². The number of hydrogen-bond donors (Lipinski definition) is 1. The van der Waals surface area contributed by atoms with Crippen LogP contribution in [0.4, 0.5) is 0 Å². The maximum Gasteiger partial charge on any atom is 0.264 e. The highest BCUT2D eigenvalue weighted by Gasteiger charge is 2.22. The summed E-state index contributed by atoms with van der Waals surface area (Å²) < 4.78 is 28.9. The molecule has 0 rings (SSSR count). The molecule has 0 atom stereocenters. The Hall–Kier alpha value is -0.130. The Balaban J connectivity index is 0. The number of quaternary nitrogens is 1. The molecule has 0 saturated carbocycles. The second-order valence-electron chi connectivity index (χ2n) is 5.52. The van der Waals surface area contributed by atoms with Gasteiger partial charge in [0.2, 0.25) is 0 Å². The van der Waals surface area contributed by atoms with Crippen molar-refractivity contribution in [2.24, 2.45) is 0 Å². The van der Waals surface area contributed by atoms with Gasteiger partial charge in [0.15, 0.2) is 0 Å². The highest BCUT2D eigenvalue weighted by atomic mass is 32.2. The SMILES string of the molecule is CCCS(=O)(=O)O.CCC[N+](CCC)(CCC)CCC. The monoisotopic (exact) mass is 310 g/mol. The molecule has 4 nitrogen and oxygen atoms in total. The Morgan fingerprint density at radius 3 is 1.10 bits per heavy atom. The quantitative estimate of drug-likeness (QED) is 0.494. The lowest BCUT2D eigenvalue weighted by atomic mass is 10.2. The molecule has 0 bridgehead atoms. The van der Waals surface area contributed by atoms with E-state index in [-0.39, 0.29) is 5.75 Å². The van der Waals surface area contributed by atoms with Crippen LogP contribution < -0.4 is 0 Å². The fraction of sp³-hybridized carbons (Fsp3) is 1.00. The largest absolute Gasteiger partial charge is 0.324 e. The van der Waals surface area contributed by atoms with E-state index in [0.717, 1.165) is 0 Å². The summed E-state index contributed by atoms with van der Waals surface area (Å²) in [5, 5.41) is 0. The molecule has 0 aliphatic heterocycles. The molecule has 0 aromatic heterocycles. The van der Waals surface area contributed by atoms with E-state index in [1.165, 1.54) is 56.3 Å². The molecule has 0 aromatic rings. The zero-order valence-electron chi connectivity index (χ0n) is 14.2. The van der Waals surface area contributed by atoms with Gasteiger partial charge in [-0.3, -0.25) is 4.55 Å². The summed E-state index contributed by atoms with van der Waals surface area (Å²) in [4.78, 5) is 0.